The summed E-state index contributed by atoms with van der Waals surface area (Å²) >= 11 is 0. The minimum atomic E-state index is -0.490. The van der Waals surface area contributed by atoms with Crippen LogP contribution in [0.2, 0.25) is 0 Å². The molecule has 2 heterocycles. The number of amides is 1. The Morgan fingerprint density at radius 2 is 1.81 bits per heavy atom. The summed E-state index contributed by atoms with van der Waals surface area (Å²) in [4.78, 5) is 38.5. The summed E-state index contributed by atoms with van der Waals surface area (Å²) in [7, 11) is 1.68. The molecule has 0 atom stereocenters. The Balaban J connectivity index is 1.70. The second kappa shape index (κ2) is 7.24. The van der Waals surface area contributed by atoms with Crippen LogP contribution in [0.25, 0.3) is 22.3 Å². The Labute approximate surface area is 181 Å². The number of nitrogens with one attached hydrogen (secondary N) is 3. The highest BCUT2D eigenvalue weighted by atomic mass is 16.6. The summed E-state index contributed by atoms with van der Waals surface area (Å²) < 4.78 is 1.51. The maximum absolute atomic E-state index is 12.9. The third kappa shape index (κ3) is 3.12. The zero-order chi connectivity index (χ0) is 22.4. The second-order valence-electron chi connectivity index (χ2n) is 7.40. The number of non-ortho nitro benzene ring substituents is 1. The number of nitro benzene ring substituents is 1. The van der Waals surface area contributed by atoms with Crippen LogP contribution in [-0.4, -0.2) is 20.4 Å². The van der Waals surface area contributed by atoms with Crippen LogP contribution in [0.1, 0.15) is 11.1 Å². The number of fused-ring (bicyclic) bond motifs is 2. The van der Waals surface area contributed by atoms with Crippen LogP contribution in [0, 0.1) is 10.1 Å². The van der Waals surface area contributed by atoms with Gasteiger partial charge in [0.05, 0.1) is 27.2 Å². The van der Waals surface area contributed by atoms with Crippen molar-refractivity contribution in [1.29, 1.82) is 0 Å². The molecule has 0 fully saturated rings. The lowest BCUT2D eigenvalue weighted by atomic mass is 9.99. The fraction of sp³-hybridized carbons (Fsp3) is 0.0435. The van der Waals surface area contributed by atoms with Crippen LogP contribution in [0.3, 0.4) is 0 Å². The standard InChI is InChI=1S/C23H17N5O4/c1-27-19-10-7-14(11-18(19)26-23(27)30)24-21(13-5-3-2-4-6-13)20-16-12-15(28(31)32)8-9-17(16)25-22(20)29/h2-12,24H,1H3,(H,25,29)(H,26,30)/b21-20-. The molecule has 3 N–H and O–H groups in total. The summed E-state index contributed by atoms with van der Waals surface area (Å²) in [6.45, 7) is 0. The fourth-order valence-corrected chi connectivity index (χ4v) is 3.86. The monoisotopic (exact) mass is 427 g/mol. The van der Waals surface area contributed by atoms with Gasteiger partial charge in [0, 0.05) is 36.1 Å². The second-order valence-corrected chi connectivity index (χ2v) is 7.40. The highest BCUT2D eigenvalue weighted by Crippen LogP contribution is 2.39. The van der Waals surface area contributed by atoms with E-state index >= 15 is 0 Å². The molecule has 9 nitrogen and oxygen atoms in total. The average molecular weight is 427 g/mol. The van der Waals surface area contributed by atoms with Crippen LogP contribution in [0.4, 0.5) is 17.1 Å². The summed E-state index contributed by atoms with van der Waals surface area (Å²) in [5, 5.41) is 17.4. The maximum Gasteiger partial charge on any atom is 0.326 e. The van der Waals surface area contributed by atoms with Gasteiger partial charge in [-0.25, -0.2) is 4.79 Å². The zero-order valence-electron chi connectivity index (χ0n) is 16.9. The van der Waals surface area contributed by atoms with Crippen molar-refractivity contribution in [2.24, 2.45) is 7.05 Å². The third-order valence-electron chi connectivity index (χ3n) is 5.44. The number of carbonyl (C=O) groups is 1. The molecule has 5 rings (SSSR count). The summed E-state index contributed by atoms with van der Waals surface area (Å²) in [6.07, 6.45) is 0. The quantitative estimate of drug-likeness (QED) is 0.260. The van der Waals surface area contributed by atoms with Crippen molar-refractivity contribution in [3.63, 3.8) is 0 Å². The highest BCUT2D eigenvalue weighted by Gasteiger charge is 2.30. The Morgan fingerprint density at radius 3 is 2.56 bits per heavy atom. The molecule has 158 valence electrons. The number of benzene rings is 3. The Hall–Kier alpha value is -4.66. The number of imidazole rings is 1. The molecule has 1 aromatic heterocycles. The minimum Gasteiger partial charge on any atom is -0.354 e. The van der Waals surface area contributed by atoms with E-state index in [2.05, 4.69) is 15.6 Å². The maximum atomic E-state index is 12.9. The Bertz CT molecular complexity index is 1500. The number of nitrogens with zero attached hydrogens (tertiary/aromatic N) is 2. The Morgan fingerprint density at radius 1 is 1.03 bits per heavy atom. The molecular weight excluding hydrogens is 410 g/mol. The first-order chi connectivity index (χ1) is 15.4. The molecule has 0 aliphatic carbocycles. The van der Waals surface area contributed by atoms with Gasteiger partial charge in [0.1, 0.15) is 0 Å². The molecule has 1 amide bonds. The van der Waals surface area contributed by atoms with Gasteiger partial charge in [0.2, 0.25) is 0 Å². The van der Waals surface area contributed by atoms with E-state index in [4.69, 9.17) is 0 Å². The van der Waals surface area contributed by atoms with E-state index in [1.54, 1.807) is 25.2 Å². The third-order valence-corrected chi connectivity index (χ3v) is 5.44. The number of aromatic nitrogens is 2. The largest absolute Gasteiger partial charge is 0.354 e. The number of aromatic amines is 1. The lowest BCUT2D eigenvalue weighted by Crippen LogP contribution is -2.11. The van der Waals surface area contributed by atoms with Gasteiger partial charge in [-0.1, -0.05) is 30.3 Å². The number of rotatable bonds is 4. The van der Waals surface area contributed by atoms with E-state index in [9.17, 15) is 19.7 Å². The molecule has 0 unspecified atom stereocenters. The van der Waals surface area contributed by atoms with Crippen LogP contribution < -0.4 is 16.3 Å². The molecule has 0 saturated heterocycles. The SMILES string of the molecule is Cn1c(=O)[nH]c2cc(N/C(=C3\C(=O)Nc4ccc([N+](=O)[O-])cc43)c3ccccc3)ccc21. The molecule has 0 saturated carbocycles. The molecule has 0 radical (unpaired) electrons. The van der Waals surface area contributed by atoms with Crippen molar-refractivity contribution < 1.29 is 9.72 Å². The number of aryl methyl sites for hydroxylation is 1. The van der Waals surface area contributed by atoms with E-state index in [1.807, 2.05) is 30.3 Å². The van der Waals surface area contributed by atoms with Crippen LogP contribution >= 0.6 is 0 Å². The van der Waals surface area contributed by atoms with Gasteiger partial charge >= 0.3 is 5.69 Å². The normalized spacial score (nSPS) is 14.2. The highest BCUT2D eigenvalue weighted by molar-refractivity contribution is 6.37. The Kier molecular flexibility index (Phi) is 4.37. The molecule has 3 aromatic carbocycles. The van der Waals surface area contributed by atoms with Crippen LogP contribution in [-0.2, 0) is 11.8 Å². The van der Waals surface area contributed by atoms with E-state index in [-0.39, 0.29) is 17.3 Å². The number of nitro groups is 1. The molecule has 0 spiro atoms. The fourth-order valence-electron chi connectivity index (χ4n) is 3.86. The zero-order valence-corrected chi connectivity index (χ0v) is 16.9. The predicted octanol–water partition coefficient (Wildman–Crippen LogP) is 3.71. The number of hydrogen-bond donors (Lipinski definition) is 3. The number of hydrogen-bond acceptors (Lipinski definition) is 5. The van der Waals surface area contributed by atoms with Crippen molar-refractivity contribution in [3.8, 4) is 0 Å². The van der Waals surface area contributed by atoms with Gasteiger partial charge in [0.15, 0.2) is 0 Å². The average Bonchev–Trinajstić information content (AvgIpc) is 3.26. The molecule has 0 bridgehead atoms. The predicted molar refractivity (Wildman–Crippen MR) is 122 cm³/mol. The van der Waals surface area contributed by atoms with Gasteiger partial charge in [-0.2, -0.15) is 0 Å². The van der Waals surface area contributed by atoms with Gasteiger partial charge < -0.3 is 15.6 Å². The van der Waals surface area contributed by atoms with Crippen molar-refractivity contribution in [3.05, 3.63) is 98.5 Å². The smallest absolute Gasteiger partial charge is 0.326 e. The molecular formula is C23H17N5O4. The van der Waals surface area contributed by atoms with Gasteiger partial charge in [-0.05, 0) is 29.8 Å². The molecule has 32 heavy (non-hydrogen) atoms. The lowest BCUT2D eigenvalue weighted by Gasteiger charge is -2.15. The van der Waals surface area contributed by atoms with Crippen molar-refractivity contribution in [1.82, 2.24) is 9.55 Å². The summed E-state index contributed by atoms with van der Waals surface area (Å²) in [6, 6.07) is 18.9. The number of H-pyrrole nitrogens is 1. The summed E-state index contributed by atoms with van der Waals surface area (Å²) in [5.41, 5.74) is 4.20. The summed E-state index contributed by atoms with van der Waals surface area (Å²) in [5.74, 6) is -0.360. The van der Waals surface area contributed by atoms with Gasteiger partial charge in [-0.15, -0.1) is 0 Å². The topological polar surface area (TPSA) is 122 Å². The van der Waals surface area contributed by atoms with Crippen LogP contribution in [0.15, 0.2) is 71.5 Å². The van der Waals surface area contributed by atoms with Gasteiger partial charge in [0.25, 0.3) is 11.6 Å². The first-order valence-electron chi connectivity index (χ1n) is 9.78. The van der Waals surface area contributed by atoms with Crippen molar-refractivity contribution in [2.75, 3.05) is 10.6 Å². The molecule has 1 aliphatic heterocycles. The van der Waals surface area contributed by atoms with E-state index in [1.165, 1.54) is 22.8 Å². The van der Waals surface area contributed by atoms with E-state index in [0.717, 1.165) is 11.1 Å². The van der Waals surface area contributed by atoms with E-state index < -0.39 is 4.92 Å². The molecule has 4 aromatic rings. The number of anilines is 2. The molecule has 9 heteroatoms. The molecule has 1 aliphatic rings. The number of carbonyl (C=O) groups excluding carboxylic acids is 1. The van der Waals surface area contributed by atoms with Crippen molar-refractivity contribution in [2.45, 2.75) is 0 Å². The van der Waals surface area contributed by atoms with Crippen LogP contribution in [0.5, 0.6) is 0 Å². The first-order valence-corrected chi connectivity index (χ1v) is 9.78. The first kappa shape index (κ1) is 19.3. The minimum absolute atomic E-state index is 0.103. The van der Waals surface area contributed by atoms with E-state index in [0.29, 0.717) is 33.7 Å². The lowest BCUT2D eigenvalue weighted by molar-refractivity contribution is -0.384. The van der Waals surface area contributed by atoms with Gasteiger partial charge in [-0.3, -0.25) is 19.5 Å². The van der Waals surface area contributed by atoms with Crippen molar-refractivity contribution >= 4 is 45.3 Å².